The fourth-order valence-electron chi connectivity index (χ4n) is 1.83. The van der Waals surface area contributed by atoms with E-state index >= 15 is 0 Å². The zero-order chi connectivity index (χ0) is 12.8. The van der Waals surface area contributed by atoms with Crippen LogP contribution in [-0.2, 0) is 9.53 Å². The monoisotopic (exact) mass is 238 g/mol. The van der Waals surface area contributed by atoms with E-state index in [1.54, 1.807) is 0 Å². The Morgan fingerprint density at radius 3 is 2.78 bits per heavy atom. The van der Waals surface area contributed by atoms with Crippen molar-refractivity contribution < 1.29 is 9.53 Å². The quantitative estimate of drug-likeness (QED) is 0.555. The second kappa shape index (κ2) is 5.43. The van der Waals surface area contributed by atoms with E-state index in [1.807, 2.05) is 30.3 Å². The van der Waals surface area contributed by atoms with Gasteiger partial charge in [-0.3, -0.25) is 4.79 Å². The molecule has 1 aromatic carbocycles. The lowest BCUT2D eigenvalue weighted by molar-refractivity contribution is -0.148. The Kier molecular flexibility index (Phi) is 3.70. The van der Waals surface area contributed by atoms with Crippen molar-refractivity contribution in [1.29, 1.82) is 0 Å². The molecule has 0 saturated carbocycles. The topological polar surface area (TPSA) is 26.3 Å². The molecule has 1 aliphatic rings. The van der Waals surface area contributed by atoms with Crippen molar-refractivity contribution in [2.45, 2.75) is 31.8 Å². The summed E-state index contributed by atoms with van der Waals surface area (Å²) in [4.78, 5) is 11.2. The van der Waals surface area contributed by atoms with E-state index in [0.717, 1.165) is 18.4 Å². The molecule has 1 unspecified atom stereocenters. The SMILES string of the molecule is CC(=O)OC1(C#Cc2ccccc2)C#CCCC1. The Hall–Kier alpha value is -2.19. The van der Waals surface area contributed by atoms with Gasteiger partial charge in [-0.25, -0.2) is 0 Å². The minimum atomic E-state index is -0.917. The molecule has 1 aromatic rings. The van der Waals surface area contributed by atoms with Crippen LogP contribution < -0.4 is 0 Å². The first-order chi connectivity index (χ1) is 8.70. The molecule has 0 amide bonds. The van der Waals surface area contributed by atoms with Gasteiger partial charge < -0.3 is 4.74 Å². The molecule has 0 spiro atoms. The predicted octanol–water partition coefficient (Wildman–Crippen LogP) is 2.53. The van der Waals surface area contributed by atoms with Crippen LogP contribution in [0.1, 0.15) is 31.7 Å². The van der Waals surface area contributed by atoms with Crippen LogP contribution >= 0.6 is 0 Å². The molecule has 0 saturated heterocycles. The summed E-state index contributed by atoms with van der Waals surface area (Å²) in [6.45, 7) is 1.39. The molecule has 0 radical (unpaired) electrons. The van der Waals surface area contributed by atoms with Crippen LogP contribution in [0.2, 0.25) is 0 Å². The summed E-state index contributed by atoms with van der Waals surface area (Å²) in [5, 5.41) is 0. The molecule has 2 nitrogen and oxygen atoms in total. The van der Waals surface area contributed by atoms with Gasteiger partial charge in [-0.15, -0.1) is 0 Å². The van der Waals surface area contributed by atoms with Gasteiger partial charge in [-0.2, -0.15) is 0 Å². The first-order valence-corrected chi connectivity index (χ1v) is 5.98. The number of carbonyl (C=O) groups is 1. The van der Waals surface area contributed by atoms with Crippen LogP contribution in [-0.4, -0.2) is 11.6 Å². The molecule has 0 N–H and O–H groups in total. The Morgan fingerprint density at radius 2 is 2.17 bits per heavy atom. The van der Waals surface area contributed by atoms with Crippen molar-refractivity contribution in [3.8, 4) is 23.7 Å². The maximum absolute atomic E-state index is 11.2. The predicted molar refractivity (Wildman–Crippen MR) is 69.4 cm³/mol. The summed E-state index contributed by atoms with van der Waals surface area (Å²) in [5.74, 6) is 11.7. The standard InChI is InChI=1S/C16H14O2/c1-14(17)18-16(11-6-3-7-12-16)13-10-15-8-4-2-5-9-15/h2,4-5,8-9H,3,6,11H2,1H3. The largest absolute Gasteiger partial charge is 0.434 e. The van der Waals surface area contributed by atoms with Gasteiger partial charge in [-0.1, -0.05) is 30.0 Å². The Labute approximate surface area is 107 Å². The zero-order valence-electron chi connectivity index (χ0n) is 10.3. The van der Waals surface area contributed by atoms with Crippen LogP contribution in [0.3, 0.4) is 0 Å². The molecule has 0 heterocycles. The smallest absolute Gasteiger partial charge is 0.304 e. The zero-order valence-corrected chi connectivity index (χ0v) is 10.3. The number of rotatable bonds is 1. The van der Waals surface area contributed by atoms with Gasteiger partial charge in [0.2, 0.25) is 5.60 Å². The third kappa shape index (κ3) is 3.15. The minimum Gasteiger partial charge on any atom is -0.434 e. The Bertz CT molecular complexity index is 551. The molecule has 0 fully saturated rings. The second-order valence-corrected chi connectivity index (χ2v) is 4.19. The lowest BCUT2D eigenvalue weighted by Crippen LogP contribution is -2.32. The second-order valence-electron chi connectivity index (χ2n) is 4.19. The molecule has 0 aromatic heterocycles. The Balaban J connectivity index is 2.28. The lowest BCUT2D eigenvalue weighted by Gasteiger charge is -2.24. The summed E-state index contributed by atoms with van der Waals surface area (Å²) >= 11 is 0. The van der Waals surface area contributed by atoms with Crippen molar-refractivity contribution in [3.05, 3.63) is 35.9 Å². The van der Waals surface area contributed by atoms with E-state index in [9.17, 15) is 4.79 Å². The number of hydrogen-bond acceptors (Lipinski definition) is 2. The molecule has 1 aliphatic carbocycles. The van der Waals surface area contributed by atoms with Gasteiger partial charge in [0.25, 0.3) is 0 Å². The molecule has 2 heteroatoms. The van der Waals surface area contributed by atoms with E-state index in [0.29, 0.717) is 6.42 Å². The maximum Gasteiger partial charge on any atom is 0.304 e. The van der Waals surface area contributed by atoms with Gasteiger partial charge >= 0.3 is 5.97 Å². The fourth-order valence-corrected chi connectivity index (χ4v) is 1.83. The average molecular weight is 238 g/mol. The van der Waals surface area contributed by atoms with Crippen LogP contribution in [0, 0.1) is 23.7 Å². The van der Waals surface area contributed by atoms with Crippen LogP contribution in [0.15, 0.2) is 30.3 Å². The number of esters is 1. The molecule has 0 bridgehead atoms. The van der Waals surface area contributed by atoms with E-state index in [2.05, 4.69) is 23.7 Å². The highest BCUT2D eigenvalue weighted by Gasteiger charge is 2.30. The molecular formula is C16H14O2. The van der Waals surface area contributed by atoms with E-state index < -0.39 is 5.60 Å². The summed E-state index contributed by atoms with van der Waals surface area (Å²) < 4.78 is 5.31. The molecule has 1 atom stereocenters. The van der Waals surface area contributed by atoms with E-state index in [-0.39, 0.29) is 5.97 Å². The number of benzene rings is 1. The summed E-state index contributed by atoms with van der Waals surface area (Å²) in [7, 11) is 0. The van der Waals surface area contributed by atoms with E-state index in [1.165, 1.54) is 6.92 Å². The van der Waals surface area contributed by atoms with Gasteiger partial charge in [0.05, 0.1) is 0 Å². The highest BCUT2D eigenvalue weighted by atomic mass is 16.6. The maximum atomic E-state index is 11.2. The van der Waals surface area contributed by atoms with Crippen molar-refractivity contribution >= 4 is 5.97 Å². The first-order valence-electron chi connectivity index (χ1n) is 5.98. The lowest BCUT2D eigenvalue weighted by atomic mass is 9.93. The van der Waals surface area contributed by atoms with Gasteiger partial charge in [0, 0.05) is 25.3 Å². The van der Waals surface area contributed by atoms with Gasteiger partial charge in [0.15, 0.2) is 0 Å². The number of ether oxygens (including phenoxy) is 1. The highest BCUT2D eigenvalue weighted by Crippen LogP contribution is 2.21. The minimum absolute atomic E-state index is 0.339. The van der Waals surface area contributed by atoms with Gasteiger partial charge in [0.1, 0.15) is 0 Å². The summed E-state index contributed by atoms with van der Waals surface area (Å²) in [5.41, 5.74) is -0.0173. The van der Waals surface area contributed by atoms with Crippen LogP contribution in [0.25, 0.3) is 0 Å². The van der Waals surface area contributed by atoms with Crippen molar-refractivity contribution in [1.82, 2.24) is 0 Å². The number of hydrogen-bond donors (Lipinski definition) is 0. The van der Waals surface area contributed by atoms with E-state index in [4.69, 9.17) is 4.74 Å². The fraction of sp³-hybridized carbons (Fsp3) is 0.312. The van der Waals surface area contributed by atoms with Gasteiger partial charge in [-0.05, 0) is 30.4 Å². The molecule has 90 valence electrons. The summed E-state index contributed by atoms with van der Waals surface area (Å²) in [6.07, 6.45) is 2.43. The molecule has 0 aliphatic heterocycles. The highest BCUT2D eigenvalue weighted by molar-refractivity contribution is 5.68. The third-order valence-corrected chi connectivity index (χ3v) is 2.62. The van der Waals surface area contributed by atoms with Crippen LogP contribution in [0.5, 0.6) is 0 Å². The third-order valence-electron chi connectivity index (χ3n) is 2.62. The van der Waals surface area contributed by atoms with Crippen molar-refractivity contribution in [2.24, 2.45) is 0 Å². The molecule has 18 heavy (non-hydrogen) atoms. The van der Waals surface area contributed by atoms with Crippen LogP contribution in [0.4, 0.5) is 0 Å². The average Bonchev–Trinajstić information content (AvgIpc) is 2.38. The normalized spacial score (nSPS) is 20.9. The number of carbonyl (C=O) groups excluding carboxylic acids is 1. The Morgan fingerprint density at radius 1 is 1.39 bits per heavy atom. The first kappa shape index (κ1) is 12.3. The van der Waals surface area contributed by atoms with Crippen molar-refractivity contribution in [3.63, 3.8) is 0 Å². The summed E-state index contributed by atoms with van der Waals surface area (Å²) in [6, 6.07) is 9.63. The molecule has 2 rings (SSSR count). The van der Waals surface area contributed by atoms with Crippen molar-refractivity contribution in [2.75, 3.05) is 0 Å². The molecular weight excluding hydrogens is 224 g/mol.